The standard InChI is InChI=1S/C31H30F3N3O5S/c32-31(33,34)30(41)42-28(39)18-26(23-9-5-2-6-10-23)37-20-27(38)36(19-22-7-3-1-4-8-22)25-12-11-21(13-15-43-16-14-35)17-24(25)29(37)40/h1-12,17,26H,13-16,18-20,35H2. The van der Waals surface area contributed by atoms with E-state index >= 15 is 0 Å². The fraction of sp³-hybridized carbons (Fsp3) is 0.290. The summed E-state index contributed by atoms with van der Waals surface area (Å²) in [7, 11) is 0. The van der Waals surface area contributed by atoms with Gasteiger partial charge in [0.15, 0.2) is 0 Å². The molecular weight excluding hydrogens is 583 g/mol. The number of thioether (sulfide) groups is 1. The SMILES string of the molecule is NCCSCCc1ccc2c(c1)C(=O)N(C(CC(=O)OC(=O)C(F)(F)F)c1ccccc1)CC(=O)N2Cc1ccccc1. The van der Waals surface area contributed by atoms with Crippen molar-refractivity contribution in [2.45, 2.75) is 31.6 Å². The number of hydrogen-bond donors (Lipinski definition) is 1. The number of carbonyl (C=O) groups is 4. The number of ether oxygens (including phenoxy) is 1. The zero-order chi connectivity index (χ0) is 31.0. The van der Waals surface area contributed by atoms with Crippen LogP contribution in [0, 0.1) is 0 Å². The van der Waals surface area contributed by atoms with Crippen molar-refractivity contribution in [1.82, 2.24) is 4.90 Å². The highest BCUT2D eigenvalue weighted by molar-refractivity contribution is 7.99. The molecule has 0 fully saturated rings. The molecule has 1 aliphatic rings. The first-order chi connectivity index (χ1) is 20.6. The second-order valence-corrected chi connectivity index (χ2v) is 11.0. The lowest BCUT2D eigenvalue weighted by molar-refractivity contribution is -0.202. The number of esters is 2. The van der Waals surface area contributed by atoms with Crippen LogP contribution in [0.5, 0.6) is 0 Å². The predicted molar refractivity (Wildman–Crippen MR) is 156 cm³/mol. The van der Waals surface area contributed by atoms with Gasteiger partial charge in [0.2, 0.25) is 5.91 Å². The zero-order valence-electron chi connectivity index (χ0n) is 23.1. The van der Waals surface area contributed by atoms with Gasteiger partial charge in [0.1, 0.15) is 6.54 Å². The van der Waals surface area contributed by atoms with Crippen molar-refractivity contribution in [2.24, 2.45) is 5.73 Å². The molecule has 0 radical (unpaired) electrons. The van der Waals surface area contributed by atoms with Gasteiger partial charge in [-0.2, -0.15) is 24.9 Å². The van der Waals surface area contributed by atoms with Crippen LogP contribution in [0.15, 0.2) is 78.9 Å². The van der Waals surface area contributed by atoms with E-state index in [1.807, 2.05) is 36.4 Å². The first-order valence-corrected chi connectivity index (χ1v) is 14.7. The molecular formula is C31H30F3N3O5S. The number of alkyl halides is 3. The summed E-state index contributed by atoms with van der Waals surface area (Å²) in [4.78, 5) is 54.6. The van der Waals surface area contributed by atoms with Crippen LogP contribution in [0.3, 0.4) is 0 Å². The molecule has 0 aromatic heterocycles. The number of hydrogen-bond acceptors (Lipinski definition) is 7. The lowest BCUT2D eigenvalue weighted by Crippen LogP contribution is -2.42. The van der Waals surface area contributed by atoms with Crippen molar-refractivity contribution in [3.05, 3.63) is 101 Å². The van der Waals surface area contributed by atoms with E-state index in [4.69, 9.17) is 5.73 Å². The van der Waals surface area contributed by atoms with Crippen molar-refractivity contribution in [1.29, 1.82) is 0 Å². The lowest BCUT2D eigenvalue weighted by Gasteiger charge is -2.30. The molecule has 1 heterocycles. The van der Waals surface area contributed by atoms with Crippen molar-refractivity contribution in [3.8, 4) is 0 Å². The van der Waals surface area contributed by atoms with E-state index in [1.165, 1.54) is 4.90 Å². The monoisotopic (exact) mass is 613 g/mol. The van der Waals surface area contributed by atoms with Crippen LogP contribution in [0.1, 0.15) is 39.5 Å². The second-order valence-electron chi connectivity index (χ2n) is 9.79. The molecule has 0 bridgehead atoms. The third kappa shape index (κ3) is 8.23. The van der Waals surface area contributed by atoms with Crippen molar-refractivity contribution in [3.63, 3.8) is 0 Å². The number of benzene rings is 3. The van der Waals surface area contributed by atoms with Gasteiger partial charge in [-0.25, -0.2) is 4.79 Å². The Morgan fingerprint density at radius 2 is 1.60 bits per heavy atom. The summed E-state index contributed by atoms with van der Waals surface area (Å²) in [5.41, 5.74) is 8.22. The number of rotatable bonds is 11. The number of fused-ring (bicyclic) bond motifs is 1. The Bertz CT molecular complexity index is 1450. The second kappa shape index (κ2) is 14.3. The van der Waals surface area contributed by atoms with Crippen LogP contribution in [-0.4, -0.2) is 59.4 Å². The highest BCUT2D eigenvalue weighted by Crippen LogP contribution is 2.34. The molecule has 0 saturated heterocycles. The van der Waals surface area contributed by atoms with Gasteiger partial charge < -0.3 is 20.3 Å². The van der Waals surface area contributed by atoms with Gasteiger partial charge in [0.25, 0.3) is 5.91 Å². The smallest absolute Gasteiger partial charge is 0.386 e. The molecule has 12 heteroatoms. The lowest BCUT2D eigenvalue weighted by atomic mass is 9.99. The fourth-order valence-corrected chi connectivity index (χ4v) is 5.50. The Morgan fingerprint density at radius 3 is 2.26 bits per heavy atom. The average molecular weight is 614 g/mol. The first-order valence-electron chi connectivity index (χ1n) is 13.5. The topological polar surface area (TPSA) is 110 Å². The van der Waals surface area contributed by atoms with Gasteiger partial charge in [-0.1, -0.05) is 66.7 Å². The summed E-state index contributed by atoms with van der Waals surface area (Å²) >= 11 is 1.67. The van der Waals surface area contributed by atoms with Gasteiger partial charge >= 0.3 is 18.1 Å². The molecule has 1 aliphatic heterocycles. The van der Waals surface area contributed by atoms with E-state index in [0.717, 1.165) is 27.5 Å². The summed E-state index contributed by atoms with van der Waals surface area (Å²) in [5, 5.41) is 0. The molecule has 3 aromatic rings. The van der Waals surface area contributed by atoms with E-state index in [9.17, 15) is 32.3 Å². The maximum Gasteiger partial charge on any atom is 0.491 e. The van der Waals surface area contributed by atoms with Gasteiger partial charge in [-0.3, -0.25) is 14.4 Å². The van der Waals surface area contributed by atoms with Crippen LogP contribution >= 0.6 is 11.8 Å². The minimum atomic E-state index is -5.37. The van der Waals surface area contributed by atoms with Crippen molar-refractivity contribution < 1.29 is 37.1 Å². The van der Waals surface area contributed by atoms with Crippen molar-refractivity contribution >= 4 is 41.2 Å². The molecule has 2 N–H and O–H groups in total. The van der Waals surface area contributed by atoms with Crippen LogP contribution in [-0.2, 0) is 32.1 Å². The largest absolute Gasteiger partial charge is 0.491 e. The third-order valence-corrected chi connectivity index (χ3v) is 7.81. The Balaban J connectivity index is 1.74. The summed E-state index contributed by atoms with van der Waals surface area (Å²) in [6.45, 7) is 0.233. The Morgan fingerprint density at radius 1 is 0.930 bits per heavy atom. The zero-order valence-corrected chi connectivity index (χ0v) is 23.9. The summed E-state index contributed by atoms with van der Waals surface area (Å²) in [5.74, 6) is -3.64. The van der Waals surface area contributed by atoms with Crippen LogP contribution in [0.2, 0.25) is 0 Å². The Labute approximate surface area is 251 Å². The molecule has 0 aliphatic carbocycles. The molecule has 0 saturated carbocycles. The summed E-state index contributed by atoms with van der Waals surface area (Å²) in [6.07, 6.45) is -5.53. The van der Waals surface area contributed by atoms with Crippen molar-refractivity contribution in [2.75, 3.05) is 29.5 Å². The van der Waals surface area contributed by atoms with E-state index in [0.29, 0.717) is 24.2 Å². The number of nitrogens with two attached hydrogens (primary N) is 1. The molecule has 1 unspecified atom stereocenters. The molecule has 4 rings (SSSR count). The molecule has 2 amide bonds. The molecule has 8 nitrogen and oxygen atoms in total. The molecule has 226 valence electrons. The Kier molecular flexibility index (Phi) is 10.6. The number of anilines is 1. The van der Waals surface area contributed by atoms with Gasteiger partial charge in [0, 0.05) is 12.3 Å². The Hall–Kier alpha value is -4.16. The molecule has 3 aromatic carbocycles. The number of aryl methyl sites for hydroxylation is 1. The number of carbonyl (C=O) groups excluding carboxylic acids is 4. The molecule has 43 heavy (non-hydrogen) atoms. The van der Waals surface area contributed by atoms with Gasteiger partial charge in [0.05, 0.1) is 30.3 Å². The first kappa shape index (κ1) is 31.8. The van der Waals surface area contributed by atoms with Gasteiger partial charge in [-0.15, -0.1) is 0 Å². The van der Waals surface area contributed by atoms with E-state index < -0.39 is 48.9 Å². The summed E-state index contributed by atoms with van der Waals surface area (Å²) in [6, 6.07) is 21.4. The van der Waals surface area contributed by atoms with E-state index in [1.54, 1.807) is 54.2 Å². The predicted octanol–water partition coefficient (Wildman–Crippen LogP) is 4.67. The maximum atomic E-state index is 14.2. The van der Waals surface area contributed by atoms with Crippen LogP contribution < -0.4 is 10.6 Å². The minimum Gasteiger partial charge on any atom is -0.386 e. The summed E-state index contributed by atoms with van der Waals surface area (Å²) < 4.78 is 42.5. The fourth-order valence-electron chi connectivity index (χ4n) is 4.75. The number of halogens is 3. The van der Waals surface area contributed by atoms with E-state index in [2.05, 4.69) is 4.74 Å². The molecule has 1 atom stereocenters. The highest BCUT2D eigenvalue weighted by Gasteiger charge is 2.43. The number of nitrogens with zero attached hydrogens (tertiary/aromatic N) is 2. The van der Waals surface area contributed by atoms with Crippen LogP contribution in [0.4, 0.5) is 18.9 Å². The highest BCUT2D eigenvalue weighted by atomic mass is 32.2. The minimum absolute atomic E-state index is 0.164. The van der Waals surface area contributed by atoms with Gasteiger partial charge in [-0.05, 0) is 41.0 Å². The van der Waals surface area contributed by atoms with E-state index in [-0.39, 0.29) is 12.1 Å². The number of amides is 2. The third-order valence-electron chi connectivity index (χ3n) is 6.79. The average Bonchev–Trinajstić information content (AvgIpc) is 3.09. The maximum absolute atomic E-state index is 14.2. The normalized spacial score (nSPS) is 14.2. The van der Waals surface area contributed by atoms with Crippen LogP contribution in [0.25, 0.3) is 0 Å². The molecule has 0 spiro atoms. The quantitative estimate of drug-likeness (QED) is 0.190.